The second-order valence-electron chi connectivity index (χ2n) is 4.24. The molecule has 0 spiro atoms. The normalized spacial score (nSPS) is 10.8. The van der Waals surface area contributed by atoms with Gasteiger partial charge in [0, 0.05) is 0 Å². The Morgan fingerprint density at radius 3 is 2.50 bits per heavy atom. The van der Waals surface area contributed by atoms with Crippen molar-refractivity contribution >= 4 is 10.8 Å². The maximum Gasteiger partial charge on any atom is -0.00773 e. The van der Waals surface area contributed by atoms with Crippen LogP contribution in [0.1, 0.15) is 24.8 Å². The topological polar surface area (TPSA) is 26.0 Å². The van der Waals surface area contributed by atoms with Crippen LogP contribution in [0.5, 0.6) is 0 Å². The van der Waals surface area contributed by atoms with Gasteiger partial charge in [-0.3, -0.25) is 0 Å². The number of benzene rings is 2. The molecule has 0 unspecified atom stereocenters. The first-order valence-electron chi connectivity index (χ1n) is 6.08. The molecular formula is C15H19N. The maximum atomic E-state index is 5.50. The van der Waals surface area contributed by atoms with Gasteiger partial charge in [0.25, 0.3) is 0 Å². The van der Waals surface area contributed by atoms with Crippen molar-refractivity contribution in [3.63, 3.8) is 0 Å². The molecule has 0 bridgehead atoms. The van der Waals surface area contributed by atoms with Crippen LogP contribution in [-0.2, 0) is 6.42 Å². The van der Waals surface area contributed by atoms with Crippen molar-refractivity contribution in [1.82, 2.24) is 0 Å². The molecule has 0 amide bonds. The zero-order valence-electron chi connectivity index (χ0n) is 9.65. The van der Waals surface area contributed by atoms with Crippen molar-refractivity contribution in [2.75, 3.05) is 6.54 Å². The van der Waals surface area contributed by atoms with E-state index in [2.05, 4.69) is 42.5 Å². The van der Waals surface area contributed by atoms with E-state index in [1.807, 2.05) is 0 Å². The smallest absolute Gasteiger partial charge is 0.00773 e. The third-order valence-electron chi connectivity index (χ3n) is 3.03. The van der Waals surface area contributed by atoms with Gasteiger partial charge in [-0.25, -0.2) is 0 Å². The van der Waals surface area contributed by atoms with Crippen LogP contribution >= 0.6 is 0 Å². The van der Waals surface area contributed by atoms with Crippen LogP contribution in [0.2, 0.25) is 0 Å². The van der Waals surface area contributed by atoms with Crippen LogP contribution in [0.15, 0.2) is 42.5 Å². The fourth-order valence-electron chi connectivity index (χ4n) is 2.15. The fraction of sp³-hybridized carbons (Fsp3) is 0.333. The lowest BCUT2D eigenvalue weighted by atomic mass is 10.00. The van der Waals surface area contributed by atoms with Gasteiger partial charge in [-0.05, 0) is 42.1 Å². The molecule has 0 saturated carbocycles. The van der Waals surface area contributed by atoms with Crippen molar-refractivity contribution in [3.8, 4) is 0 Å². The van der Waals surface area contributed by atoms with Crippen LogP contribution in [-0.4, -0.2) is 6.54 Å². The van der Waals surface area contributed by atoms with E-state index in [0.29, 0.717) is 0 Å². The summed E-state index contributed by atoms with van der Waals surface area (Å²) in [4.78, 5) is 0. The molecule has 2 rings (SSSR count). The Kier molecular flexibility index (Phi) is 3.95. The molecule has 2 N–H and O–H groups in total. The van der Waals surface area contributed by atoms with Gasteiger partial charge in [0.1, 0.15) is 0 Å². The minimum Gasteiger partial charge on any atom is -0.330 e. The fourth-order valence-corrected chi connectivity index (χ4v) is 2.15. The number of rotatable bonds is 5. The highest BCUT2D eigenvalue weighted by Crippen LogP contribution is 2.20. The molecule has 0 heterocycles. The summed E-state index contributed by atoms with van der Waals surface area (Å²) in [6.45, 7) is 0.815. The van der Waals surface area contributed by atoms with E-state index in [-0.39, 0.29) is 0 Å². The van der Waals surface area contributed by atoms with E-state index in [1.165, 1.54) is 35.6 Å². The molecule has 2 aromatic rings. The van der Waals surface area contributed by atoms with E-state index in [1.54, 1.807) is 0 Å². The molecule has 0 saturated heterocycles. The van der Waals surface area contributed by atoms with Crippen molar-refractivity contribution in [2.45, 2.75) is 25.7 Å². The van der Waals surface area contributed by atoms with Crippen molar-refractivity contribution in [3.05, 3.63) is 48.0 Å². The molecule has 16 heavy (non-hydrogen) atoms. The first kappa shape index (κ1) is 11.2. The highest BCUT2D eigenvalue weighted by Gasteiger charge is 1.99. The summed E-state index contributed by atoms with van der Waals surface area (Å²) < 4.78 is 0. The van der Waals surface area contributed by atoms with E-state index in [9.17, 15) is 0 Å². The predicted molar refractivity (Wildman–Crippen MR) is 70.6 cm³/mol. The Morgan fingerprint density at radius 2 is 1.62 bits per heavy atom. The summed E-state index contributed by atoms with van der Waals surface area (Å²) in [6, 6.07) is 15.2. The lowest BCUT2D eigenvalue weighted by Gasteiger charge is -2.06. The zero-order valence-corrected chi connectivity index (χ0v) is 9.65. The van der Waals surface area contributed by atoms with Gasteiger partial charge in [-0.15, -0.1) is 0 Å². The average molecular weight is 213 g/mol. The maximum absolute atomic E-state index is 5.50. The molecule has 0 aliphatic rings. The van der Waals surface area contributed by atoms with Crippen molar-refractivity contribution < 1.29 is 0 Å². The monoisotopic (exact) mass is 213 g/mol. The van der Waals surface area contributed by atoms with Crippen LogP contribution in [0.25, 0.3) is 10.8 Å². The van der Waals surface area contributed by atoms with Gasteiger partial charge in [-0.1, -0.05) is 48.9 Å². The van der Waals surface area contributed by atoms with Gasteiger partial charge >= 0.3 is 0 Å². The predicted octanol–water partition coefficient (Wildman–Crippen LogP) is 3.51. The summed E-state index contributed by atoms with van der Waals surface area (Å²) in [5.41, 5.74) is 6.97. The number of aryl methyl sites for hydroxylation is 1. The van der Waals surface area contributed by atoms with Crippen LogP contribution in [0.4, 0.5) is 0 Å². The average Bonchev–Trinajstić information content (AvgIpc) is 2.35. The first-order valence-corrected chi connectivity index (χ1v) is 6.08. The third kappa shape index (κ3) is 2.61. The lowest BCUT2D eigenvalue weighted by Crippen LogP contribution is -1.98. The molecule has 0 radical (unpaired) electrons. The second kappa shape index (κ2) is 5.66. The summed E-state index contributed by atoms with van der Waals surface area (Å²) in [7, 11) is 0. The number of nitrogens with two attached hydrogens (primary N) is 1. The quantitative estimate of drug-likeness (QED) is 0.756. The molecule has 0 aliphatic carbocycles. The SMILES string of the molecule is NCCCCCc1cccc2ccccc12. The lowest BCUT2D eigenvalue weighted by molar-refractivity contribution is 0.688. The minimum absolute atomic E-state index is 0.815. The van der Waals surface area contributed by atoms with E-state index < -0.39 is 0 Å². The standard InChI is InChI=1S/C15H19N/c16-12-5-1-2-7-13-9-6-10-14-8-3-4-11-15(13)14/h3-4,6,8-11H,1-2,5,7,12,16H2. The largest absolute Gasteiger partial charge is 0.330 e. The minimum atomic E-state index is 0.815. The molecule has 0 fully saturated rings. The number of hydrogen-bond acceptors (Lipinski definition) is 1. The van der Waals surface area contributed by atoms with Crippen LogP contribution < -0.4 is 5.73 Å². The zero-order chi connectivity index (χ0) is 11.2. The summed E-state index contributed by atoms with van der Waals surface area (Å²) >= 11 is 0. The van der Waals surface area contributed by atoms with E-state index in [4.69, 9.17) is 5.73 Å². The molecule has 1 nitrogen and oxygen atoms in total. The second-order valence-corrected chi connectivity index (χ2v) is 4.24. The molecule has 0 aliphatic heterocycles. The highest BCUT2D eigenvalue weighted by molar-refractivity contribution is 5.85. The number of fused-ring (bicyclic) bond motifs is 1. The van der Waals surface area contributed by atoms with E-state index in [0.717, 1.165) is 13.0 Å². The van der Waals surface area contributed by atoms with Gasteiger partial charge in [-0.2, -0.15) is 0 Å². The third-order valence-corrected chi connectivity index (χ3v) is 3.03. The van der Waals surface area contributed by atoms with Gasteiger partial charge < -0.3 is 5.73 Å². The summed E-state index contributed by atoms with van der Waals surface area (Å²) in [5, 5.41) is 2.75. The number of hydrogen-bond donors (Lipinski definition) is 1. The Labute approximate surface area is 97.3 Å². The Morgan fingerprint density at radius 1 is 0.812 bits per heavy atom. The molecule has 2 aromatic carbocycles. The first-order chi connectivity index (χ1) is 7.92. The Hall–Kier alpha value is -1.34. The Balaban J connectivity index is 2.11. The number of unbranched alkanes of at least 4 members (excludes halogenated alkanes) is 2. The van der Waals surface area contributed by atoms with Gasteiger partial charge in [0.05, 0.1) is 0 Å². The van der Waals surface area contributed by atoms with Crippen LogP contribution in [0.3, 0.4) is 0 Å². The highest BCUT2D eigenvalue weighted by atomic mass is 14.5. The molecule has 0 aromatic heterocycles. The van der Waals surface area contributed by atoms with Crippen LogP contribution in [0, 0.1) is 0 Å². The van der Waals surface area contributed by atoms with E-state index >= 15 is 0 Å². The van der Waals surface area contributed by atoms with Crippen molar-refractivity contribution in [2.24, 2.45) is 5.73 Å². The summed E-state index contributed by atoms with van der Waals surface area (Å²) in [6.07, 6.45) is 4.79. The molecule has 0 atom stereocenters. The Bertz CT molecular complexity index is 443. The molecular weight excluding hydrogens is 194 g/mol. The van der Waals surface area contributed by atoms with Gasteiger partial charge in [0.15, 0.2) is 0 Å². The molecule has 84 valence electrons. The van der Waals surface area contributed by atoms with Gasteiger partial charge in [0.2, 0.25) is 0 Å². The van der Waals surface area contributed by atoms with Crippen molar-refractivity contribution in [1.29, 1.82) is 0 Å². The molecule has 1 heteroatoms. The summed E-state index contributed by atoms with van der Waals surface area (Å²) in [5.74, 6) is 0.